The largest absolute Gasteiger partial charge is 0.457 e. The van der Waals surface area contributed by atoms with Crippen molar-refractivity contribution in [3.05, 3.63) is 58.6 Å². The molecule has 2 rings (SSSR count). The molecule has 0 fully saturated rings. The summed E-state index contributed by atoms with van der Waals surface area (Å²) in [6.45, 7) is 4.21. The Morgan fingerprint density at radius 1 is 1.05 bits per heavy atom. The normalized spacial score (nSPS) is 12.2. The van der Waals surface area contributed by atoms with Crippen LogP contribution >= 0.6 is 11.6 Å². The van der Waals surface area contributed by atoms with Crippen molar-refractivity contribution in [1.29, 1.82) is 0 Å². The number of ether oxygens (including phenoxy) is 1. The maximum atomic E-state index is 6.12. The summed E-state index contributed by atoms with van der Waals surface area (Å²) >= 11 is 6.11. The third kappa shape index (κ3) is 4.23. The molecule has 21 heavy (non-hydrogen) atoms. The van der Waals surface area contributed by atoms with Gasteiger partial charge in [0, 0.05) is 11.1 Å². The van der Waals surface area contributed by atoms with E-state index in [4.69, 9.17) is 22.1 Å². The highest BCUT2D eigenvalue weighted by Crippen LogP contribution is 2.31. The Hall–Kier alpha value is -1.51. The van der Waals surface area contributed by atoms with Crippen LogP contribution in [-0.2, 0) is 12.8 Å². The summed E-state index contributed by atoms with van der Waals surface area (Å²) < 4.78 is 6.12. The lowest BCUT2D eigenvalue weighted by Crippen LogP contribution is -2.21. The summed E-state index contributed by atoms with van der Waals surface area (Å²) in [5.74, 6) is 1.73. The molecule has 0 radical (unpaired) electrons. The average molecular weight is 304 g/mol. The van der Waals surface area contributed by atoms with Crippen LogP contribution in [0.5, 0.6) is 11.5 Å². The molecule has 2 nitrogen and oxygen atoms in total. The van der Waals surface area contributed by atoms with Crippen molar-refractivity contribution < 1.29 is 4.74 Å². The monoisotopic (exact) mass is 303 g/mol. The lowest BCUT2D eigenvalue weighted by atomic mass is 10.0. The van der Waals surface area contributed by atoms with E-state index in [0.29, 0.717) is 5.02 Å². The molecule has 0 saturated heterocycles. The van der Waals surface area contributed by atoms with Crippen LogP contribution in [0.2, 0.25) is 5.02 Å². The molecule has 112 valence electrons. The fourth-order valence-corrected chi connectivity index (χ4v) is 2.44. The van der Waals surface area contributed by atoms with Gasteiger partial charge in [0.15, 0.2) is 0 Å². The molecule has 1 atom stereocenters. The average Bonchev–Trinajstić information content (AvgIpc) is 2.50. The molecule has 3 heteroatoms. The molecular formula is C18H22ClNO. The molecule has 0 aliphatic heterocycles. The maximum absolute atomic E-state index is 6.12. The summed E-state index contributed by atoms with van der Waals surface area (Å²) in [6, 6.07) is 13.9. The molecule has 2 N–H and O–H groups in total. The first-order valence-electron chi connectivity index (χ1n) is 7.43. The quantitative estimate of drug-likeness (QED) is 0.817. The topological polar surface area (TPSA) is 35.2 Å². The van der Waals surface area contributed by atoms with Crippen molar-refractivity contribution >= 4 is 11.6 Å². The van der Waals surface area contributed by atoms with E-state index in [0.717, 1.165) is 36.3 Å². The van der Waals surface area contributed by atoms with Gasteiger partial charge < -0.3 is 10.5 Å². The first-order chi connectivity index (χ1) is 10.1. The number of aryl methyl sites for hydroxylation is 1. The van der Waals surface area contributed by atoms with E-state index >= 15 is 0 Å². The second kappa shape index (κ2) is 7.48. The Morgan fingerprint density at radius 3 is 2.48 bits per heavy atom. The molecule has 0 aromatic heterocycles. The van der Waals surface area contributed by atoms with E-state index in [1.54, 1.807) is 0 Å². The zero-order chi connectivity index (χ0) is 15.2. The molecule has 1 unspecified atom stereocenters. The Labute approximate surface area is 131 Å². The number of nitrogens with two attached hydrogens (primary N) is 1. The number of benzene rings is 2. The van der Waals surface area contributed by atoms with E-state index in [1.807, 2.05) is 36.4 Å². The number of rotatable bonds is 6. The smallest absolute Gasteiger partial charge is 0.130 e. The van der Waals surface area contributed by atoms with Gasteiger partial charge in [0.1, 0.15) is 11.5 Å². The molecule has 0 amide bonds. The molecule has 0 saturated carbocycles. The van der Waals surface area contributed by atoms with Gasteiger partial charge in [-0.15, -0.1) is 0 Å². The molecule has 0 spiro atoms. The van der Waals surface area contributed by atoms with Gasteiger partial charge in [-0.3, -0.25) is 0 Å². The molecule has 2 aromatic carbocycles. The molecule has 0 bridgehead atoms. The van der Waals surface area contributed by atoms with Crippen molar-refractivity contribution in [3.63, 3.8) is 0 Å². The van der Waals surface area contributed by atoms with Crippen LogP contribution in [0.1, 0.15) is 31.4 Å². The van der Waals surface area contributed by atoms with E-state index in [1.165, 1.54) is 5.56 Å². The van der Waals surface area contributed by atoms with Crippen molar-refractivity contribution in [1.82, 2.24) is 0 Å². The van der Waals surface area contributed by atoms with Crippen molar-refractivity contribution in [2.24, 2.45) is 5.73 Å². The van der Waals surface area contributed by atoms with Gasteiger partial charge in [0.05, 0.1) is 0 Å². The van der Waals surface area contributed by atoms with E-state index in [9.17, 15) is 0 Å². The Morgan fingerprint density at radius 2 is 1.76 bits per heavy atom. The molecule has 2 aromatic rings. The maximum Gasteiger partial charge on any atom is 0.130 e. The predicted molar refractivity (Wildman–Crippen MR) is 89.3 cm³/mol. The summed E-state index contributed by atoms with van der Waals surface area (Å²) in [4.78, 5) is 0. The van der Waals surface area contributed by atoms with Crippen molar-refractivity contribution in [3.8, 4) is 11.5 Å². The Balaban J connectivity index is 2.30. The van der Waals surface area contributed by atoms with Crippen LogP contribution < -0.4 is 10.5 Å². The van der Waals surface area contributed by atoms with Gasteiger partial charge in [-0.2, -0.15) is 0 Å². The van der Waals surface area contributed by atoms with Crippen LogP contribution in [0, 0.1) is 0 Å². The Bertz CT molecular complexity index is 598. The van der Waals surface area contributed by atoms with Crippen LogP contribution in [0.4, 0.5) is 0 Å². The van der Waals surface area contributed by atoms with Gasteiger partial charge in [-0.1, -0.05) is 43.6 Å². The molecule has 0 heterocycles. The second-order valence-electron chi connectivity index (χ2n) is 5.19. The number of para-hydroxylation sites is 1. The molecule has 0 aliphatic carbocycles. The fraction of sp³-hybridized carbons (Fsp3) is 0.333. The minimum absolute atomic E-state index is 0.118. The standard InChI is InChI=1S/C18H22ClNO/c1-3-13-7-5-6-8-17(13)21-18-10-9-15(19)11-14(18)12-16(20)4-2/h5-11,16H,3-4,12,20H2,1-2H3. The lowest BCUT2D eigenvalue weighted by molar-refractivity contribution is 0.467. The zero-order valence-electron chi connectivity index (χ0n) is 12.6. The zero-order valence-corrected chi connectivity index (χ0v) is 13.4. The van der Waals surface area contributed by atoms with Crippen LogP contribution in [0.3, 0.4) is 0 Å². The first-order valence-corrected chi connectivity index (χ1v) is 7.81. The van der Waals surface area contributed by atoms with Gasteiger partial charge in [0.25, 0.3) is 0 Å². The molecule has 0 aliphatic rings. The number of hydrogen-bond donors (Lipinski definition) is 1. The Kier molecular flexibility index (Phi) is 5.66. The minimum Gasteiger partial charge on any atom is -0.457 e. The number of hydrogen-bond acceptors (Lipinski definition) is 2. The summed E-state index contributed by atoms with van der Waals surface area (Å²) in [6.07, 6.45) is 2.63. The second-order valence-corrected chi connectivity index (χ2v) is 5.62. The van der Waals surface area contributed by atoms with Crippen molar-refractivity contribution in [2.75, 3.05) is 0 Å². The van der Waals surface area contributed by atoms with Gasteiger partial charge in [-0.05, 0) is 54.7 Å². The first kappa shape index (κ1) is 15.9. The van der Waals surface area contributed by atoms with Crippen LogP contribution in [-0.4, -0.2) is 6.04 Å². The van der Waals surface area contributed by atoms with Gasteiger partial charge in [0.2, 0.25) is 0 Å². The minimum atomic E-state index is 0.118. The fourth-order valence-electron chi connectivity index (χ4n) is 2.25. The van der Waals surface area contributed by atoms with Crippen LogP contribution in [0.25, 0.3) is 0 Å². The third-order valence-corrected chi connectivity index (χ3v) is 3.84. The highest BCUT2D eigenvalue weighted by atomic mass is 35.5. The van der Waals surface area contributed by atoms with Crippen LogP contribution in [0.15, 0.2) is 42.5 Å². The highest BCUT2D eigenvalue weighted by Gasteiger charge is 2.11. The van der Waals surface area contributed by atoms with E-state index in [2.05, 4.69) is 19.9 Å². The molecular weight excluding hydrogens is 282 g/mol. The SMILES string of the molecule is CCc1ccccc1Oc1ccc(Cl)cc1CC(N)CC. The van der Waals surface area contributed by atoms with E-state index in [-0.39, 0.29) is 6.04 Å². The summed E-state index contributed by atoms with van der Waals surface area (Å²) in [5.41, 5.74) is 8.33. The lowest BCUT2D eigenvalue weighted by Gasteiger charge is -2.16. The van der Waals surface area contributed by atoms with Gasteiger partial charge in [-0.25, -0.2) is 0 Å². The number of halogens is 1. The summed E-state index contributed by atoms with van der Waals surface area (Å²) in [5, 5.41) is 0.712. The summed E-state index contributed by atoms with van der Waals surface area (Å²) in [7, 11) is 0. The third-order valence-electron chi connectivity index (χ3n) is 3.60. The highest BCUT2D eigenvalue weighted by molar-refractivity contribution is 6.30. The van der Waals surface area contributed by atoms with E-state index < -0.39 is 0 Å². The van der Waals surface area contributed by atoms with Crippen molar-refractivity contribution in [2.45, 2.75) is 39.2 Å². The predicted octanol–water partition coefficient (Wildman–Crippen LogP) is 4.97. The van der Waals surface area contributed by atoms with Gasteiger partial charge >= 0.3 is 0 Å².